The van der Waals surface area contributed by atoms with Crippen molar-refractivity contribution in [2.75, 3.05) is 13.2 Å². The number of carbonyl (C=O) groups is 2. The van der Waals surface area contributed by atoms with Crippen molar-refractivity contribution in [3.63, 3.8) is 0 Å². The normalized spacial score (nSPS) is 12.3. The molecule has 0 aliphatic rings. The van der Waals surface area contributed by atoms with Crippen LogP contribution in [0.2, 0.25) is 0 Å². The quantitative estimate of drug-likeness (QED) is 0.309. The average molecular weight is 492 g/mol. The molecule has 0 N–H and O–H groups in total. The molecule has 0 heterocycles. The first-order valence-electron chi connectivity index (χ1n) is 11.4. The maximum atomic E-state index is 13.7. The van der Waals surface area contributed by atoms with Gasteiger partial charge in [0.2, 0.25) is 0 Å². The van der Waals surface area contributed by atoms with E-state index in [9.17, 15) is 14.2 Å². The third-order valence-electron chi connectivity index (χ3n) is 4.77. The third-order valence-corrected chi connectivity index (χ3v) is 7.18. The van der Waals surface area contributed by atoms with E-state index in [1.807, 2.05) is 50.2 Å². The molecule has 2 aromatic carbocycles. The molecule has 2 aromatic rings. The molecule has 0 saturated heterocycles. The second-order valence-electron chi connectivity index (χ2n) is 7.94. The van der Waals surface area contributed by atoms with Gasteiger partial charge in [0.1, 0.15) is 19.0 Å². The molecule has 0 aliphatic carbocycles. The molecule has 0 bridgehead atoms. The molecule has 0 saturated carbocycles. The van der Waals surface area contributed by atoms with Crippen LogP contribution >= 0.6 is 7.60 Å². The van der Waals surface area contributed by atoms with E-state index in [1.54, 1.807) is 38.1 Å². The van der Waals surface area contributed by atoms with E-state index < -0.39 is 25.6 Å². The Kier molecular flexibility index (Phi) is 11.3. The van der Waals surface area contributed by atoms with Crippen molar-refractivity contribution < 1.29 is 32.7 Å². The number of imide groups is 1. The zero-order valence-corrected chi connectivity index (χ0v) is 21.1. The topological polar surface area (TPSA) is 91.4 Å². The molecular formula is C25H34NO7P. The summed E-state index contributed by atoms with van der Waals surface area (Å²) in [6.07, 6.45) is -1.78. The lowest BCUT2D eigenvalue weighted by Crippen LogP contribution is -2.46. The van der Waals surface area contributed by atoms with Crippen molar-refractivity contribution >= 4 is 19.8 Å². The minimum Gasteiger partial charge on any atom is -0.444 e. The van der Waals surface area contributed by atoms with E-state index >= 15 is 0 Å². The van der Waals surface area contributed by atoms with Gasteiger partial charge in [-0.15, -0.1) is 0 Å². The first kappa shape index (κ1) is 27.6. The fraction of sp³-hybridized carbons (Fsp3) is 0.440. The number of nitrogens with zero attached hydrogens (tertiary/aromatic N) is 1. The van der Waals surface area contributed by atoms with Gasteiger partial charge in [-0.1, -0.05) is 74.5 Å². The van der Waals surface area contributed by atoms with E-state index in [1.165, 1.54) is 0 Å². The van der Waals surface area contributed by atoms with Crippen molar-refractivity contribution in [1.29, 1.82) is 0 Å². The van der Waals surface area contributed by atoms with Crippen molar-refractivity contribution in [3.8, 4) is 0 Å². The third kappa shape index (κ3) is 8.28. The highest BCUT2D eigenvalue weighted by atomic mass is 31.2. The largest absolute Gasteiger partial charge is 0.444 e. The minimum atomic E-state index is -3.91. The molecule has 9 heteroatoms. The van der Waals surface area contributed by atoms with Gasteiger partial charge in [0, 0.05) is 0 Å². The first-order valence-corrected chi connectivity index (χ1v) is 13.0. The van der Waals surface area contributed by atoms with Gasteiger partial charge in [0.05, 0.1) is 13.2 Å². The molecule has 0 fully saturated rings. The molecule has 2 rings (SSSR count). The fourth-order valence-electron chi connectivity index (χ4n) is 3.26. The van der Waals surface area contributed by atoms with Gasteiger partial charge in [0.25, 0.3) is 0 Å². The summed E-state index contributed by atoms with van der Waals surface area (Å²) in [7, 11) is -3.91. The van der Waals surface area contributed by atoms with Crippen LogP contribution in [-0.2, 0) is 36.3 Å². The Morgan fingerprint density at radius 3 is 1.56 bits per heavy atom. The summed E-state index contributed by atoms with van der Waals surface area (Å²) in [6, 6.07) is 18.1. The second kappa shape index (κ2) is 13.9. The summed E-state index contributed by atoms with van der Waals surface area (Å²) in [5.41, 5.74) is 1.48. The van der Waals surface area contributed by atoms with Crippen LogP contribution in [0.5, 0.6) is 0 Å². The molecule has 0 aromatic heterocycles. The molecule has 0 radical (unpaired) electrons. The molecule has 1 unspecified atom stereocenters. The summed E-state index contributed by atoms with van der Waals surface area (Å²) in [6.45, 7) is 7.15. The van der Waals surface area contributed by atoms with Gasteiger partial charge in [-0.25, -0.2) is 9.59 Å². The Balaban J connectivity index is 2.36. The Hall–Kier alpha value is -2.67. The van der Waals surface area contributed by atoms with E-state index in [0.29, 0.717) is 0 Å². The summed E-state index contributed by atoms with van der Waals surface area (Å²) in [5, 5.41) is 0. The average Bonchev–Trinajstić information content (AvgIpc) is 2.82. The monoisotopic (exact) mass is 491 g/mol. The van der Waals surface area contributed by atoms with E-state index in [-0.39, 0.29) is 38.8 Å². The smallest absolute Gasteiger partial charge is 0.420 e. The molecule has 1 atom stereocenters. The lowest BCUT2D eigenvalue weighted by atomic mass is 10.1. The summed E-state index contributed by atoms with van der Waals surface area (Å²) in [4.78, 5) is 27.2. The number of carbonyl (C=O) groups excluding carboxylic acids is 2. The van der Waals surface area contributed by atoms with E-state index in [0.717, 1.165) is 16.0 Å². The number of rotatable bonds is 12. The van der Waals surface area contributed by atoms with Gasteiger partial charge >= 0.3 is 19.8 Å². The molecule has 2 amide bonds. The molecule has 0 aliphatic heterocycles. The minimum absolute atomic E-state index is 0.0365. The van der Waals surface area contributed by atoms with Crippen LogP contribution in [0, 0.1) is 5.92 Å². The van der Waals surface area contributed by atoms with Crippen LogP contribution < -0.4 is 0 Å². The zero-order valence-electron chi connectivity index (χ0n) is 20.2. The van der Waals surface area contributed by atoms with Gasteiger partial charge in [-0.05, 0) is 37.3 Å². The summed E-state index contributed by atoms with van der Waals surface area (Å²) >= 11 is 0. The van der Waals surface area contributed by atoms with Crippen molar-refractivity contribution in [2.45, 2.75) is 53.1 Å². The molecule has 0 spiro atoms. The number of ether oxygens (including phenoxy) is 2. The maximum Gasteiger partial charge on any atom is 0.420 e. The number of hydrogen-bond acceptors (Lipinski definition) is 7. The van der Waals surface area contributed by atoms with Gasteiger partial charge < -0.3 is 18.5 Å². The molecule has 8 nitrogen and oxygen atoms in total. The second-order valence-corrected chi connectivity index (χ2v) is 10.1. The number of amides is 2. The zero-order chi connectivity index (χ0) is 25.0. The number of hydrogen-bond donors (Lipinski definition) is 0. The standard InChI is InChI=1S/C25H34NO7P/c1-5-32-34(29,33-6-2)23(17-20(3)4)26(24(27)30-18-21-13-9-7-10-14-21)25(28)31-19-22-15-11-8-12-16-22/h7-16,20,23H,5-6,17-19H2,1-4H3. The van der Waals surface area contributed by atoms with Crippen LogP contribution in [0.3, 0.4) is 0 Å². The fourth-order valence-corrected chi connectivity index (χ4v) is 5.55. The van der Waals surface area contributed by atoms with E-state index in [4.69, 9.17) is 18.5 Å². The van der Waals surface area contributed by atoms with Crippen LogP contribution in [0.15, 0.2) is 60.7 Å². The number of benzene rings is 2. The Labute approximate surface area is 201 Å². The SMILES string of the molecule is CCOP(=O)(OCC)C(CC(C)C)N(C(=O)OCc1ccccc1)C(=O)OCc1ccccc1. The first-order chi connectivity index (χ1) is 16.3. The molecule has 186 valence electrons. The lowest BCUT2D eigenvalue weighted by Gasteiger charge is -2.34. The Morgan fingerprint density at radius 1 is 0.794 bits per heavy atom. The van der Waals surface area contributed by atoms with Crippen LogP contribution in [0.1, 0.15) is 45.2 Å². The van der Waals surface area contributed by atoms with Crippen LogP contribution in [0.4, 0.5) is 9.59 Å². The van der Waals surface area contributed by atoms with Crippen molar-refractivity contribution in [3.05, 3.63) is 71.8 Å². The highest BCUT2D eigenvalue weighted by molar-refractivity contribution is 7.54. The van der Waals surface area contributed by atoms with Crippen molar-refractivity contribution in [1.82, 2.24) is 4.90 Å². The van der Waals surface area contributed by atoms with Crippen molar-refractivity contribution in [2.24, 2.45) is 5.92 Å². The Bertz CT molecular complexity index is 871. The summed E-state index contributed by atoms with van der Waals surface area (Å²) in [5.74, 6) is -1.25. The lowest BCUT2D eigenvalue weighted by molar-refractivity contribution is 0.0566. The Morgan fingerprint density at radius 2 is 1.21 bits per heavy atom. The van der Waals surface area contributed by atoms with Crippen LogP contribution in [0.25, 0.3) is 0 Å². The maximum absolute atomic E-state index is 13.7. The molecular weight excluding hydrogens is 457 g/mol. The van der Waals surface area contributed by atoms with Gasteiger partial charge in [0.15, 0.2) is 0 Å². The van der Waals surface area contributed by atoms with Crippen LogP contribution in [-0.4, -0.2) is 36.1 Å². The summed E-state index contributed by atoms with van der Waals surface area (Å²) < 4.78 is 35.6. The predicted molar refractivity (Wildman–Crippen MR) is 129 cm³/mol. The van der Waals surface area contributed by atoms with Gasteiger partial charge in [-0.2, -0.15) is 4.90 Å². The highest BCUT2D eigenvalue weighted by Crippen LogP contribution is 2.56. The van der Waals surface area contributed by atoms with E-state index in [2.05, 4.69) is 0 Å². The predicted octanol–water partition coefficient (Wildman–Crippen LogP) is 6.60. The molecule has 34 heavy (non-hydrogen) atoms. The van der Waals surface area contributed by atoms with Gasteiger partial charge in [-0.3, -0.25) is 4.57 Å². The highest BCUT2D eigenvalue weighted by Gasteiger charge is 2.47.